The van der Waals surface area contributed by atoms with E-state index in [1.54, 1.807) is 22.7 Å². The topological polar surface area (TPSA) is 37.8 Å². The molecule has 0 spiro atoms. The predicted octanol–water partition coefficient (Wildman–Crippen LogP) is 7.66. The number of aromatic nitrogens is 2. The third kappa shape index (κ3) is 4.10. The highest BCUT2D eigenvalue weighted by molar-refractivity contribution is 7.22. The number of hydrogen-bond donors (Lipinski definition) is 1. The molecule has 5 rings (SSSR count). The zero-order valence-electron chi connectivity index (χ0n) is 16.2. The first kappa shape index (κ1) is 19.2. The Labute approximate surface area is 188 Å². The SMILES string of the molecule is Cc1ccc(-c2csc(-c3ccc(CNc4nc5ccc(Cl)cc5s4)cc3)n2)cc1. The summed E-state index contributed by atoms with van der Waals surface area (Å²) in [6.45, 7) is 2.82. The molecule has 0 unspecified atom stereocenters. The van der Waals surface area contributed by atoms with Gasteiger partial charge in [-0.3, -0.25) is 0 Å². The third-order valence-electron chi connectivity index (χ3n) is 4.85. The van der Waals surface area contributed by atoms with Crippen molar-refractivity contribution in [3.05, 3.63) is 88.3 Å². The minimum Gasteiger partial charge on any atom is -0.357 e. The smallest absolute Gasteiger partial charge is 0.184 e. The number of halogens is 1. The van der Waals surface area contributed by atoms with Crippen LogP contribution in [0.2, 0.25) is 5.02 Å². The van der Waals surface area contributed by atoms with Crippen molar-refractivity contribution in [2.45, 2.75) is 13.5 Å². The van der Waals surface area contributed by atoms with Gasteiger partial charge in [0.25, 0.3) is 0 Å². The zero-order valence-corrected chi connectivity index (χ0v) is 18.6. The van der Waals surface area contributed by atoms with Gasteiger partial charge in [-0.2, -0.15) is 0 Å². The number of aryl methyl sites for hydroxylation is 1. The van der Waals surface area contributed by atoms with Gasteiger partial charge in [0.2, 0.25) is 0 Å². The molecule has 3 aromatic carbocycles. The lowest BCUT2D eigenvalue weighted by atomic mass is 10.1. The molecule has 0 bridgehead atoms. The van der Waals surface area contributed by atoms with Crippen LogP contribution in [0.4, 0.5) is 5.13 Å². The number of rotatable bonds is 5. The second-order valence-electron chi connectivity index (χ2n) is 7.09. The van der Waals surface area contributed by atoms with E-state index in [4.69, 9.17) is 16.6 Å². The Kier molecular flexibility index (Phi) is 5.25. The molecular weight excluding hydrogens is 430 g/mol. The van der Waals surface area contributed by atoms with Gasteiger partial charge in [0.1, 0.15) is 5.01 Å². The Morgan fingerprint density at radius 1 is 0.900 bits per heavy atom. The van der Waals surface area contributed by atoms with Gasteiger partial charge in [0.15, 0.2) is 5.13 Å². The Bertz CT molecular complexity index is 1300. The summed E-state index contributed by atoms with van der Waals surface area (Å²) in [6.07, 6.45) is 0. The molecule has 0 radical (unpaired) electrons. The van der Waals surface area contributed by atoms with E-state index in [1.165, 1.54) is 11.1 Å². The average Bonchev–Trinajstić information content (AvgIpc) is 3.40. The molecule has 0 saturated heterocycles. The van der Waals surface area contributed by atoms with Crippen LogP contribution in [0, 0.1) is 6.92 Å². The summed E-state index contributed by atoms with van der Waals surface area (Å²) >= 11 is 9.36. The van der Waals surface area contributed by atoms with Gasteiger partial charge in [0, 0.05) is 28.1 Å². The zero-order chi connectivity index (χ0) is 20.5. The van der Waals surface area contributed by atoms with E-state index >= 15 is 0 Å². The summed E-state index contributed by atoms with van der Waals surface area (Å²) in [5.41, 5.74) is 6.74. The van der Waals surface area contributed by atoms with E-state index < -0.39 is 0 Å². The van der Waals surface area contributed by atoms with Gasteiger partial charge >= 0.3 is 0 Å². The molecular formula is C24H18ClN3S2. The number of nitrogens with zero attached hydrogens (tertiary/aromatic N) is 2. The second-order valence-corrected chi connectivity index (χ2v) is 9.41. The fourth-order valence-electron chi connectivity index (χ4n) is 3.18. The fourth-order valence-corrected chi connectivity index (χ4v) is 5.15. The van der Waals surface area contributed by atoms with Crippen LogP contribution in [-0.2, 0) is 6.54 Å². The highest BCUT2D eigenvalue weighted by atomic mass is 35.5. The molecule has 0 aliphatic heterocycles. The molecule has 2 aromatic heterocycles. The van der Waals surface area contributed by atoms with Crippen molar-refractivity contribution >= 4 is 49.6 Å². The summed E-state index contributed by atoms with van der Waals surface area (Å²) in [7, 11) is 0. The van der Waals surface area contributed by atoms with Crippen LogP contribution in [0.15, 0.2) is 72.1 Å². The van der Waals surface area contributed by atoms with Crippen LogP contribution in [0.1, 0.15) is 11.1 Å². The summed E-state index contributed by atoms with van der Waals surface area (Å²) in [5.74, 6) is 0. The molecule has 5 aromatic rings. The molecule has 0 aliphatic rings. The van der Waals surface area contributed by atoms with Gasteiger partial charge < -0.3 is 5.32 Å². The van der Waals surface area contributed by atoms with Crippen molar-refractivity contribution in [2.75, 3.05) is 5.32 Å². The first-order valence-electron chi connectivity index (χ1n) is 9.56. The number of nitrogens with one attached hydrogen (secondary N) is 1. The Hall–Kier alpha value is -2.73. The molecule has 0 fully saturated rings. The first-order chi connectivity index (χ1) is 14.6. The van der Waals surface area contributed by atoms with Crippen molar-refractivity contribution in [1.29, 1.82) is 0 Å². The van der Waals surface area contributed by atoms with Crippen molar-refractivity contribution in [3.8, 4) is 21.8 Å². The second kappa shape index (κ2) is 8.19. The van der Waals surface area contributed by atoms with E-state index in [9.17, 15) is 0 Å². The van der Waals surface area contributed by atoms with E-state index in [-0.39, 0.29) is 0 Å². The Balaban J connectivity index is 1.27. The van der Waals surface area contributed by atoms with Crippen molar-refractivity contribution < 1.29 is 0 Å². The van der Waals surface area contributed by atoms with Crippen molar-refractivity contribution in [1.82, 2.24) is 9.97 Å². The summed E-state index contributed by atoms with van der Waals surface area (Å²) in [6, 6.07) is 22.8. The maximum Gasteiger partial charge on any atom is 0.184 e. The minimum atomic E-state index is 0.723. The maximum atomic E-state index is 6.06. The number of hydrogen-bond acceptors (Lipinski definition) is 5. The molecule has 0 atom stereocenters. The van der Waals surface area contributed by atoms with Gasteiger partial charge in [0.05, 0.1) is 15.9 Å². The summed E-state index contributed by atoms with van der Waals surface area (Å²) in [4.78, 5) is 9.43. The lowest BCUT2D eigenvalue weighted by molar-refractivity contribution is 1.14. The first-order valence-corrected chi connectivity index (χ1v) is 11.6. The molecule has 0 amide bonds. The summed E-state index contributed by atoms with van der Waals surface area (Å²) in [5, 5.41) is 8.20. The molecule has 2 heterocycles. The average molecular weight is 448 g/mol. The largest absolute Gasteiger partial charge is 0.357 e. The standard InChI is InChI=1S/C24H18ClN3S2/c1-15-2-6-17(7-3-15)21-14-29-23(27-21)18-8-4-16(5-9-18)13-26-24-28-20-11-10-19(25)12-22(20)30-24/h2-12,14H,13H2,1H3,(H,26,28). The number of fused-ring (bicyclic) bond motifs is 1. The Morgan fingerprint density at radius 2 is 1.67 bits per heavy atom. The van der Waals surface area contributed by atoms with Crippen LogP contribution < -0.4 is 5.32 Å². The van der Waals surface area contributed by atoms with Crippen LogP contribution in [0.25, 0.3) is 32.0 Å². The van der Waals surface area contributed by atoms with E-state index in [0.29, 0.717) is 0 Å². The van der Waals surface area contributed by atoms with Crippen LogP contribution in [0.5, 0.6) is 0 Å². The minimum absolute atomic E-state index is 0.723. The third-order valence-corrected chi connectivity index (χ3v) is 6.95. The van der Waals surface area contributed by atoms with E-state index in [0.717, 1.165) is 48.7 Å². The van der Waals surface area contributed by atoms with Crippen LogP contribution in [0.3, 0.4) is 0 Å². The van der Waals surface area contributed by atoms with Gasteiger partial charge in [-0.05, 0) is 30.7 Å². The van der Waals surface area contributed by atoms with Gasteiger partial charge in [-0.1, -0.05) is 77.0 Å². The normalized spacial score (nSPS) is 11.1. The monoisotopic (exact) mass is 447 g/mol. The predicted molar refractivity (Wildman–Crippen MR) is 130 cm³/mol. The van der Waals surface area contributed by atoms with Crippen LogP contribution >= 0.6 is 34.3 Å². The van der Waals surface area contributed by atoms with Crippen molar-refractivity contribution in [2.24, 2.45) is 0 Å². The molecule has 148 valence electrons. The van der Waals surface area contributed by atoms with Gasteiger partial charge in [-0.15, -0.1) is 11.3 Å². The quantitative estimate of drug-likeness (QED) is 0.300. The molecule has 0 saturated carbocycles. The number of benzene rings is 3. The lowest BCUT2D eigenvalue weighted by Crippen LogP contribution is -1.98. The highest BCUT2D eigenvalue weighted by Crippen LogP contribution is 2.30. The number of anilines is 1. The molecule has 1 N–H and O–H groups in total. The molecule has 6 heteroatoms. The van der Waals surface area contributed by atoms with E-state index in [1.807, 2.05) is 18.2 Å². The number of thiazole rings is 2. The fraction of sp³-hybridized carbons (Fsp3) is 0.0833. The van der Waals surface area contributed by atoms with E-state index in [2.05, 4.69) is 71.1 Å². The lowest BCUT2D eigenvalue weighted by Gasteiger charge is -2.04. The van der Waals surface area contributed by atoms with Gasteiger partial charge in [-0.25, -0.2) is 9.97 Å². The van der Waals surface area contributed by atoms with Crippen molar-refractivity contribution in [3.63, 3.8) is 0 Å². The molecule has 30 heavy (non-hydrogen) atoms. The summed E-state index contributed by atoms with van der Waals surface area (Å²) < 4.78 is 1.09. The maximum absolute atomic E-state index is 6.06. The molecule has 3 nitrogen and oxygen atoms in total. The molecule has 0 aliphatic carbocycles. The highest BCUT2D eigenvalue weighted by Gasteiger charge is 2.08. The Morgan fingerprint density at radius 3 is 2.47 bits per heavy atom. The van der Waals surface area contributed by atoms with Crippen LogP contribution in [-0.4, -0.2) is 9.97 Å².